The maximum absolute atomic E-state index is 12.0. The van der Waals surface area contributed by atoms with Crippen molar-refractivity contribution in [3.63, 3.8) is 0 Å². The maximum atomic E-state index is 12.0. The summed E-state index contributed by atoms with van der Waals surface area (Å²) in [6.45, 7) is 1.78. The van der Waals surface area contributed by atoms with Crippen LogP contribution in [0.3, 0.4) is 0 Å². The SMILES string of the molecule is COC(=O)C1(Cc2ccccc2)CCNCC1. The first-order valence-corrected chi connectivity index (χ1v) is 6.10. The van der Waals surface area contributed by atoms with Crippen molar-refractivity contribution in [1.82, 2.24) is 5.32 Å². The van der Waals surface area contributed by atoms with Gasteiger partial charge in [0.2, 0.25) is 0 Å². The van der Waals surface area contributed by atoms with Crippen molar-refractivity contribution < 1.29 is 9.53 Å². The van der Waals surface area contributed by atoms with E-state index >= 15 is 0 Å². The monoisotopic (exact) mass is 233 g/mol. The number of carbonyl (C=O) groups excluding carboxylic acids is 1. The van der Waals surface area contributed by atoms with E-state index in [-0.39, 0.29) is 11.4 Å². The highest BCUT2D eigenvalue weighted by atomic mass is 16.5. The molecule has 1 saturated heterocycles. The van der Waals surface area contributed by atoms with Crippen LogP contribution in [-0.2, 0) is 16.0 Å². The molecule has 1 aliphatic heterocycles. The van der Waals surface area contributed by atoms with Crippen LogP contribution in [0.25, 0.3) is 0 Å². The molecule has 1 aromatic rings. The van der Waals surface area contributed by atoms with E-state index in [4.69, 9.17) is 4.74 Å². The lowest BCUT2D eigenvalue weighted by atomic mass is 9.74. The van der Waals surface area contributed by atoms with Crippen LogP contribution in [0.4, 0.5) is 0 Å². The largest absolute Gasteiger partial charge is 0.469 e. The van der Waals surface area contributed by atoms with Crippen molar-refractivity contribution in [3.05, 3.63) is 35.9 Å². The van der Waals surface area contributed by atoms with Crippen LogP contribution in [0, 0.1) is 5.41 Å². The van der Waals surface area contributed by atoms with Crippen LogP contribution in [-0.4, -0.2) is 26.2 Å². The third-order valence-corrected chi connectivity index (χ3v) is 3.56. The van der Waals surface area contributed by atoms with Gasteiger partial charge in [0.05, 0.1) is 12.5 Å². The third kappa shape index (κ3) is 2.67. The smallest absolute Gasteiger partial charge is 0.312 e. The molecule has 3 heteroatoms. The number of rotatable bonds is 3. The Hall–Kier alpha value is -1.35. The van der Waals surface area contributed by atoms with Gasteiger partial charge in [-0.3, -0.25) is 4.79 Å². The summed E-state index contributed by atoms with van der Waals surface area (Å²) in [6, 6.07) is 10.2. The first-order chi connectivity index (χ1) is 8.27. The maximum Gasteiger partial charge on any atom is 0.312 e. The van der Waals surface area contributed by atoms with Gasteiger partial charge in [0.1, 0.15) is 0 Å². The summed E-state index contributed by atoms with van der Waals surface area (Å²) < 4.78 is 5.00. The number of esters is 1. The highest BCUT2D eigenvalue weighted by Crippen LogP contribution is 2.34. The van der Waals surface area contributed by atoms with Crippen molar-refractivity contribution in [2.75, 3.05) is 20.2 Å². The van der Waals surface area contributed by atoms with Crippen LogP contribution in [0.5, 0.6) is 0 Å². The van der Waals surface area contributed by atoms with Crippen molar-refractivity contribution in [2.24, 2.45) is 5.41 Å². The predicted octanol–water partition coefficient (Wildman–Crippen LogP) is 1.77. The molecule has 0 saturated carbocycles. The minimum absolute atomic E-state index is 0.0668. The number of nitrogens with one attached hydrogen (secondary N) is 1. The molecule has 0 atom stereocenters. The number of carbonyl (C=O) groups is 1. The van der Waals surface area contributed by atoms with Gasteiger partial charge in [-0.15, -0.1) is 0 Å². The molecule has 0 unspecified atom stereocenters. The lowest BCUT2D eigenvalue weighted by Crippen LogP contribution is -2.44. The normalized spacial score (nSPS) is 18.6. The number of methoxy groups -OCH3 is 1. The molecular weight excluding hydrogens is 214 g/mol. The van der Waals surface area contributed by atoms with Gasteiger partial charge in [-0.05, 0) is 37.9 Å². The Morgan fingerprint density at radius 1 is 1.29 bits per heavy atom. The zero-order chi connectivity index (χ0) is 12.1. The number of benzene rings is 1. The average Bonchev–Trinajstić information content (AvgIpc) is 2.40. The molecule has 0 radical (unpaired) electrons. The second-order valence-electron chi connectivity index (χ2n) is 4.68. The zero-order valence-corrected chi connectivity index (χ0v) is 10.2. The lowest BCUT2D eigenvalue weighted by Gasteiger charge is -2.35. The van der Waals surface area contributed by atoms with E-state index in [1.165, 1.54) is 12.7 Å². The highest BCUT2D eigenvalue weighted by Gasteiger charge is 2.40. The van der Waals surface area contributed by atoms with E-state index in [0.29, 0.717) is 0 Å². The second kappa shape index (κ2) is 5.32. The van der Waals surface area contributed by atoms with E-state index in [1.807, 2.05) is 18.2 Å². The fraction of sp³-hybridized carbons (Fsp3) is 0.500. The van der Waals surface area contributed by atoms with Crippen molar-refractivity contribution in [1.29, 1.82) is 0 Å². The first kappa shape index (κ1) is 12.1. The van der Waals surface area contributed by atoms with Gasteiger partial charge in [0, 0.05) is 0 Å². The molecule has 0 amide bonds. The van der Waals surface area contributed by atoms with Crippen molar-refractivity contribution in [2.45, 2.75) is 19.3 Å². The molecule has 3 nitrogen and oxygen atoms in total. The highest BCUT2D eigenvalue weighted by molar-refractivity contribution is 5.77. The fourth-order valence-corrected chi connectivity index (χ4v) is 2.56. The summed E-state index contributed by atoms with van der Waals surface area (Å²) in [6.07, 6.45) is 2.49. The van der Waals surface area contributed by atoms with Crippen LogP contribution in [0.15, 0.2) is 30.3 Å². The second-order valence-corrected chi connectivity index (χ2v) is 4.68. The quantitative estimate of drug-likeness (QED) is 0.809. The molecule has 2 rings (SSSR count). The van der Waals surface area contributed by atoms with Crippen molar-refractivity contribution in [3.8, 4) is 0 Å². The average molecular weight is 233 g/mol. The summed E-state index contributed by atoms with van der Waals surface area (Å²) in [7, 11) is 1.48. The third-order valence-electron chi connectivity index (χ3n) is 3.56. The van der Waals surface area contributed by atoms with Gasteiger partial charge in [-0.25, -0.2) is 0 Å². The topological polar surface area (TPSA) is 38.3 Å². The van der Waals surface area contributed by atoms with Crippen molar-refractivity contribution >= 4 is 5.97 Å². The van der Waals surface area contributed by atoms with Gasteiger partial charge in [0.25, 0.3) is 0 Å². The fourth-order valence-electron chi connectivity index (χ4n) is 2.56. The molecule has 1 aliphatic rings. The van der Waals surface area contributed by atoms with Crippen LogP contribution in [0.1, 0.15) is 18.4 Å². The van der Waals surface area contributed by atoms with Gasteiger partial charge in [-0.1, -0.05) is 30.3 Å². The summed E-state index contributed by atoms with van der Waals surface area (Å²) in [5.74, 6) is -0.0668. The summed E-state index contributed by atoms with van der Waals surface area (Å²) in [5, 5.41) is 3.30. The van der Waals surface area contributed by atoms with E-state index in [1.54, 1.807) is 0 Å². The minimum atomic E-state index is -0.332. The Morgan fingerprint density at radius 3 is 2.53 bits per heavy atom. The van der Waals surface area contributed by atoms with Gasteiger partial charge >= 0.3 is 5.97 Å². The molecular formula is C14H19NO2. The van der Waals surface area contributed by atoms with Crippen LogP contribution in [0.2, 0.25) is 0 Å². The summed E-state index contributed by atoms with van der Waals surface area (Å²) >= 11 is 0. The molecule has 1 aromatic carbocycles. The molecule has 1 fully saturated rings. The Kier molecular flexibility index (Phi) is 3.79. The molecule has 0 bridgehead atoms. The zero-order valence-electron chi connectivity index (χ0n) is 10.2. The standard InChI is InChI=1S/C14H19NO2/c1-17-13(16)14(7-9-15-10-8-14)11-12-5-3-2-4-6-12/h2-6,15H,7-11H2,1H3. The molecule has 0 aliphatic carbocycles. The molecule has 92 valence electrons. The molecule has 17 heavy (non-hydrogen) atoms. The predicted molar refractivity (Wildman–Crippen MR) is 66.7 cm³/mol. The number of piperidine rings is 1. The van der Waals surface area contributed by atoms with Crippen LogP contribution >= 0.6 is 0 Å². The van der Waals surface area contributed by atoms with Gasteiger partial charge in [0.15, 0.2) is 0 Å². The summed E-state index contributed by atoms with van der Waals surface area (Å²) in [4.78, 5) is 12.0. The lowest BCUT2D eigenvalue weighted by molar-refractivity contribution is -0.154. The molecule has 1 heterocycles. The summed E-state index contributed by atoms with van der Waals surface area (Å²) in [5.41, 5.74) is 0.876. The Balaban J connectivity index is 2.19. The van der Waals surface area contributed by atoms with Gasteiger partial charge in [-0.2, -0.15) is 0 Å². The van der Waals surface area contributed by atoms with E-state index in [9.17, 15) is 4.79 Å². The first-order valence-electron chi connectivity index (χ1n) is 6.10. The molecule has 1 N–H and O–H groups in total. The number of hydrogen-bond donors (Lipinski definition) is 1. The van der Waals surface area contributed by atoms with Gasteiger partial charge < -0.3 is 10.1 Å². The minimum Gasteiger partial charge on any atom is -0.469 e. The molecule has 0 aromatic heterocycles. The van der Waals surface area contributed by atoms with E-state index < -0.39 is 0 Å². The van der Waals surface area contributed by atoms with Crippen LogP contribution < -0.4 is 5.32 Å². The number of ether oxygens (including phenoxy) is 1. The Labute approximate surface area is 102 Å². The van der Waals surface area contributed by atoms with E-state index in [0.717, 1.165) is 32.4 Å². The van der Waals surface area contributed by atoms with E-state index in [2.05, 4.69) is 17.4 Å². The Morgan fingerprint density at radius 2 is 1.94 bits per heavy atom. The number of hydrogen-bond acceptors (Lipinski definition) is 3. The Bertz CT molecular complexity index is 369. The molecule has 0 spiro atoms.